The number of rotatable bonds is 3. The largest absolute Gasteiger partial charge is 0.340 e. The molecule has 3 rings (SSSR count). The van der Waals surface area contributed by atoms with Crippen LogP contribution in [0.15, 0.2) is 48.5 Å². The SMILES string of the molecule is CN(Cc1nc2ccc(F)cc2[nH]1)C(=O)c1ccccc1. The third-order valence-corrected chi connectivity index (χ3v) is 3.25. The number of hydrogen-bond donors (Lipinski definition) is 1. The summed E-state index contributed by atoms with van der Waals surface area (Å²) >= 11 is 0. The summed E-state index contributed by atoms with van der Waals surface area (Å²) in [6, 6.07) is 13.4. The smallest absolute Gasteiger partial charge is 0.253 e. The molecule has 0 bridgehead atoms. The van der Waals surface area contributed by atoms with Gasteiger partial charge in [0.15, 0.2) is 0 Å². The van der Waals surface area contributed by atoms with Crippen molar-refractivity contribution in [2.75, 3.05) is 7.05 Å². The predicted octanol–water partition coefficient (Wildman–Crippen LogP) is 2.97. The number of carbonyl (C=O) groups is 1. The highest BCUT2D eigenvalue weighted by Gasteiger charge is 2.13. The Kier molecular flexibility index (Phi) is 3.39. The monoisotopic (exact) mass is 283 g/mol. The van der Waals surface area contributed by atoms with Crippen molar-refractivity contribution in [1.29, 1.82) is 0 Å². The highest BCUT2D eigenvalue weighted by Crippen LogP contribution is 2.14. The van der Waals surface area contributed by atoms with Crippen LogP contribution in [0.5, 0.6) is 0 Å². The third kappa shape index (κ3) is 2.76. The number of aromatic nitrogens is 2. The Hall–Kier alpha value is -2.69. The van der Waals surface area contributed by atoms with Crippen LogP contribution in [0.25, 0.3) is 11.0 Å². The van der Waals surface area contributed by atoms with Gasteiger partial charge in [0.2, 0.25) is 0 Å². The summed E-state index contributed by atoms with van der Waals surface area (Å²) in [6.45, 7) is 0.337. The van der Waals surface area contributed by atoms with Gasteiger partial charge in [-0.25, -0.2) is 9.37 Å². The Bertz CT molecular complexity index is 783. The van der Waals surface area contributed by atoms with Crippen LogP contribution in [0.3, 0.4) is 0 Å². The van der Waals surface area contributed by atoms with Gasteiger partial charge in [0.05, 0.1) is 17.6 Å². The second-order valence-corrected chi connectivity index (χ2v) is 4.87. The predicted molar refractivity (Wildman–Crippen MR) is 78.3 cm³/mol. The summed E-state index contributed by atoms with van der Waals surface area (Å²) in [5, 5.41) is 0. The number of hydrogen-bond acceptors (Lipinski definition) is 2. The number of imidazole rings is 1. The minimum absolute atomic E-state index is 0.0813. The van der Waals surface area contributed by atoms with Gasteiger partial charge in [0.25, 0.3) is 5.91 Å². The van der Waals surface area contributed by atoms with Crippen LogP contribution in [0.1, 0.15) is 16.2 Å². The van der Waals surface area contributed by atoms with E-state index in [-0.39, 0.29) is 11.7 Å². The normalized spacial score (nSPS) is 10.8. The van der Waals surface area contributed by atoms with Crippen molar-refractivity contribution in [3.63, 3.8) is 0 Å². The van der Waals surface area contributed by atoms with Crippen LogP contribution in [0.4, 0.5) is 4.39 Å². The number of halogens is 1. The van der Waals surface area contributed by atoms with Crippen molar-refractivity contribution in [2.45, 2.75) is 6.54 Å². The quantitative estimate of drug-likeness (QED) is 0.803. The summed E-state index contributed by atoms with van der Waals surface area (Å²) in [4.78, 5) is 21.2. The van der Waals surface area contributed by atoms with Gasteiger partial charge in [0, 0.05) is 12.6 Å². The molecule has 0 saturated carbocycles. The average molecular weight is 283 g/mol. The second-order valence-electron chi connectivity index (χ2n) is 4.87. The van der Waals surface area contributed by atoms with E-state index in [0.717, 1.165) is 0 Å². The first-order valence-corrected chi connectivity index (χ1v) is 6.58. The summed E-state index contributed by atoms with van der Waals surface area (Å²) in [5.74, 6) is 0.232. The maximum atomic E-state index is 13.1. The first-order valence-electron chi connectivity index (χ1n) is 6.58. The molecule has 0 spiro atoms. The number of nitrogens with one attached hydrogen (secondary N) is 1. The summed E-state index contributed by atoms with van der Waals surface area (Å²) in [7, 11) is 1.71. The maximum Gasteiger partial charge on any atom is 0.253 e. The number of carbonyl (C=O) groups excluding carboxylic acids is 1. The van der Waals surface area contributed by atoms with Crippen molar-refractivity contribution in [3.8, 4) is 0 Å². The van der Waals surface area contributed by atoms with E-state index in [4.69, 9.17) is 0 Å². The second kappa shape index (κ2) is 5.36. The molecule has 4 nitrogen and oxygen atoms in total. The van der Waals surface area contributed by atoms with Crippen LogP contribution >= 0.6 is 0 Å². The molecular formula is C16H14FN3O. The first-order chi connectivity index (χ1) is 10.1. The van der Waals surface area contributed by atoms with E-state index in [1.54, 1.807) is 30.1 Å². The summed E-state index contributed by atoms with van der Waals surface area (Å²) in [6.07, 6.45) is 0. The van der Waals surface area contributed by atoms with Gasteiger partial charge in [-0.15, -0.1) is 0 Å². The van der Waals surface area contributed by atoms with E-state index in [9.17, 15) is 9.18 Å². The minimum Gasteiger partial charge on any atom is -0.340 e. The molecule has 0 aliphatic carbocycles. The van der Waals surface area contributed by atoms with Crippen molar-refractivity contribution in [2.24, 2.45) is 0 Å². The number of fused-ring (bicyclic) bond motifs is 1. The van der Waals surface area contributed by atoms with Crippen LogP contribution in [0, 0.1) is 5.82 Å². The lowest BCUT2D eigenvalue weighted by molar-refractivity contribution is 0.0782. The van der Waals surface area contributed by atoms with Gasteiger partial charge in [0.1, 0.15) is 11.6 Å². The molecule has 0 atom stereocenters. The zero-order chi connectivity index (χ0) is 14.8. The molecule has 0 radical (unpaired) electrons. The van der Waals surface area contributed by atoms with E-state index >= 15 is 0 Å². The number of H-pyrrole nitrogens is 1. The highest BCUT2D eigenvalue weighted by atomic mass is 19.1. The fourth-order valence-corrected chi connectivity index (χ4v) is 2.21. The Labute approximate surface area is 121 Å². The van der Waals surface area contributed by atoms with Crippen LogP contribution in [-0.4, -0.2) is 27.8 Å². The topological polar surface area (TPSA) is 49.0 Å². The van der Waals surface area contributed by atoms with Gasteiger partial charge in [-0.05, 0) is 30.3 Å². The molecule has 3 aromatic rings. The third-order valence-electron chi connectivity index (χ3n) is 3.25. The van der Waals surface area contributed by atoms with Crippen molar-refractivity contribution < 1.29 is 9.18 Å². The molecule has 0 aliphatic heterocycles. The summed E-state index contributed by atoms with van der Waals surface area (Å²) in [5.41, 5.74) is 1.94. The fraction of sp³-hybridized carbons (Fsp3) is 0.125. The lowest BCUT2D eigenvalue weighted by atomic mass is 10.2. The maximum absolute atomic E-state index is 13.1. The van der Waals surface area contributed by atoms with Gasteiger partial charge in [-0.2, -0.15) is 0 Å². The molecule has 0 aliphatic rings. The Morgan fingerprint density at radius 3 is 2.76 bits per heavy atom. The molecule has 1 amide bonds. The Morgan fingerprint density at radius 2 is 2.00 bits per heavy atom. The standard InChI is InChI=1S/C16H14FN3O/c1-20(16(21)11-5-3-2-4-6-11)10-15-18-13-8-7-12(17)9-14(13)19-15/h2-9H,10H2,1H3,(H,18,19). The van der Waals surface area contributed by atoms with E-state index < -0.39 is 0 Å². The molecule has 2 aromatic carbocycles. The van der Waals surface area contributed by atoms with E-state index in [0.29, 0.717) is 29.0 Å². The van der Waals surface area contributed by atoms with Crippen LogP contribution < -0.4 is 0 Å². The van der Waals surface area contributed by atoms with Gasteiger partial charge >= 0.3 is 0 Å². The molecule has 21 heavy (non-hydrogen) atoms. The van der Waals surface area contributed by atoms with E-state index in [1.807, 2.05) is 18.2 Å². The summed E-state index contributed by atoms with van der Waals surface area (Å²) < 4.78 is 13.1. The Balaban J connectivity index is 1.80. The Morgan fingerprint density at radius 1 is 1.24 bits per heavy atom. The number of nitrogens with zero attached hydrogens (tertiary/aromatic N) is 2. The zero-order valence-electron chi connectivity index (χ0n) is 11.5. The van der Waals surface area contributed by atoms with Crippen molar-refractivity contribution >= 4 is 16.9 Å². The average Bonchev–Trinajstić information content (AvgIpc) is 2.88. The molecule has 1 heterocycles. The molecule has 106 valence electrons. The lowest BCUT2D eigenvalue weighted by Gasteiger charge is -2.15. The van der Waals surface area contributed by atoms with E-state index in [1.165, 1.54) is 12.1 Å². The molecular weight excluding hydrogens is 269 g/mol. The zero-order valence-corrected chi connectivity index (χ0v) is 11.5. The fourth-order valence-electron chi connectivity index (χ4n) is 2.21. The number of benzene rings is 2. The molecule has 0 unspecified atom stereocenters. The van der Waals surface area contributed by atoms with E-state index in [2.05, 4.69) is 9.97 Å². The molecule has 1 aromatic heterocycles. The molecule has 0 saturated heterocycles. The molecule has 5 heteroatoms. The van der Waals surface area contributed by atoms with Gasteiger partial charge in [-0.3, -0.25) is 4.79 Å². The van der Waals surface area contributed by atoms with Crippen molar-refractivity contribution in [1.82, 2.24) is 14.9 Å². The molecule has 1 N–H and O–H groups in total. The van der Waals surface area contributed by atoms with Gasteiger partial charge < -0.3 is 9.88 Å². The minimum atomic E-state index is -0.314. The molecule has 0 fully saturated rings. The van der Waals surface area contributed by atoms with Crippen molar-refractivity contribution in [3.05, 3.63) is 65.7 Å². The van der Waals surface area contributed by atoms with Crippen LogP contribution in [0.2, 0.25) is 0 Å². The van der Waals surface area contributed by atoms with Gasteiger partial charge in [-0.1, -0.05) is 18.2 Å². The lowest BCUT2D eigenvalue weighted by Crippen LogP contribution is -2.26. The number of aromatic amines is 1. The number of amides is 1. The highest BCUT2D eigenvalue weighted by molar-refractivity contribution is 5.93. The first kappa shape index (κ1) is 13.3. The van der Waals surface area contributed by atoms with Crippen LogP contribution in [-0.2, 0) is 6.54 Å².